The summed E-state index contributed by atoms with van der Waals surface area (Å²) < 4.78 is 0. The summed E-state index contributed by atoms with van der Waals surface area (Å²) in [6.45, 7) is 4.28. The zero-order valence-corrected chi connectivity index (χ0v) is 11.4. The van der Waals surface area contributed by atoms with Crippen LogP contribution < -0.4 is 5.73 Å². The Labute approximate surface area is 111 Å². The maximum absolute atomic E-state index is 5.65. The summed E-state index contributed by atoms with van der Waals surface area (Å²) in [7, 11) is 0. The molecule has 0 aromatic heterocycles. The Kier molecular flexibility index (Phi) is 5.69. The van der Waals surface area contributed by atoms with Gasteiger partial charge in [0.1, 0.15) is 0 Å². The molecule has 0 bridgehead atoms. The molecule has 0 spiro atoms. The molecule has 0 saturated heterocycles. The lowest BCUT2D eigenvalue weighted by Crippen LogP contribution is -2.30. The van der Waals surface area contributed by atoms with Crippen LogP contribution in [0.15, 0.2) is 30.3 Å². The number of hydrogen-bond acceptors (Lipinski definition) is 2. The second-order valence-electron chi connectivity index (χ2n) is 5.51. The Balaban J connectivity index is 1.87. The summed E-state index contributed by atoms with van der Waals surface area (Å²) in [5, 5.41) is 0. The minimum absolute atomic E-state index is 0.802. The lowest BCUT2D eigenvalue weighted by Gasteiger charge is -2.25. The zero-order valence-electron chi connectivity index (χ0n) is 11.4. The van der Waals surface area contributed by atoms with Crippen molar-refractivity contribution in [3.63, 3.8) is 0 Å². The van der Waals surface area contributed by atoms with E-state index in [1.54, 1.807) is 0 Å². The molecule has 100 valence electrons. The number of benzene rings is 1. The van der Waals surface area contributed by atoms with Crippen LogP contribution in [0.4, 0.5) is 0 Å². The summed E-state index contributed by atoms with van der Waals surface area (Å²) in [5.74, 6) is 0.923. The van der Waals surface area contributed by atoms with Gasteiger partial charge in [-0.25, -0.2) is 0 Å². The first-order chi connectivity index (χ1) is 8.88. The fourth-order valence-electron chi connectivity index (χ4n) is 2.95. The molecule has 1 aromatic rings. The quantitative estimate of drug-likeness (QED) is 0.801. The highest BCUT2D eigenvalue weighted by atomic mass is 15.1. The van der Waals surface area contributed by atoms with Crippen LogP contribution in [-0.4, -0.2) is 24.5 Å². The summed E-state index contributed by atoms with van der Waals surface area (Å²) in [6, 6.07) is 10.8. The van der Waals surface area contributed by atoms with Crippen LogP contribution in [0, 0.1) is 5.92 Å². The lowest BCUT2D eigenvalue weighted by molar-refractivity contribution is 0.222. The van der Waals surface area contributed by atoms with Gasteiger partial charge in [-0.3, -0.25) is 4.90 Å². The van der Waals surface area contributed by atoms with E-state index in [1.165, 1.54) is 37.8 Å². The third-order valence-corrected chi connectivity index (χ3v) is 3.92. The molecule has 0 unspecified atom stereocenters. The highest BCUT2D eigenvalue weighted by Crippen LogP contribution is 2.26. The van der Waals surface area contributed by atoms with Crippen LogP contribution in [0.1, 0.15) is 37.7 Å². The van der Waals surface area contributed by atoms with Crippen molar-refractivity contribution in [3.05, 3.63) is 35.9 Å². The average Bonchev–Trinajstić information content (AvgIpc) is 2.90. The number of nitrogens with two attached hydrogens (primary N) is 1. The normalized spacial score (nSPS) is 16.6. The van der Waals surface area contributed by atoms with E-state index in [2.05, 4.69) is 35.2 Å². The Morgan fingerprint density at radius 2 is 1.83 bits per heavy atom. The maximum Gasteiger partial charge on any atom is 0.0233 e. The average molecular weight is 246 g/mol. The number of nitrogens with zero attached hydrogens (tertiary/aromatic N) is 1. The van der Waals surface area contributed by atoms with E-state index in [-0.39, 0.29) is 0 Å². The van der Waals surface area contributed by atoms with Crippen LogP contribution >= 0.6 is 0 Å². The molecule has 0 atom stereocenters. The van der Waals surface area contributed by atoms with Crippen molar-refractivity contribution in [2.45, 2.75) is 38.6 Å². The molecule has 0 radical (unpaired) electrons. The molecule has 18 heavy (non-hydrogen) atoms. The van der Waals surface area contributed by atoms with Crippen molar-refractivity contribution in [3.8, 4) is 0 Å². The molecule has 1 aromatic carbocycles. The van der Waals surface area contributed by atoms with Gasteiger partial charge in [-0.15, -0.1) is 0 Å². The van der Waals surface area contributed by atoms with Crippen LogP contribution in [0.2, 0.25) is 0 Å². The first-order valence-electron chi connectivity index (χ1n) is 7.35. The van der Waals surface area contributed by atoms with Crippen LogP contribution in [-0.2, 0) is 6.54 Å². The summed E-state index contributed by atoms with van der Waals surface area (Å²) in [6.07, 6.45) is 6.82. The van der Waals surface area contributed by atoms with E-state index in [0.717, 1.165) is 32.0 Å². The van der Waals surface area contributed by atoms with Gasteiger partial charge in [0, 0.05) is 13.1 Å². The van der Waals surface area contributed by atoms with Crippen molar-refractivity contribution in [2.75, 3.05) is 19.6 Å². The van der Waals surface area contributed by atoms with Gasteiger partial charge in [0.15, 0.2) is 0 Å². The zero-order chi connectivity index (χ0) is 12.6. The van der Waals surface area contributed by atoms with Gasteiger partial charge in [-0.2, -0.15) is 0 Å². The highest BCUT2D eigenvalue weighted by Gasteiger charge is 2.18. The molecule has 0 heterocycles. The van der Waals surface area contributed by atoms with Crippen molar-refractivity contribution in [2.24, 2.45) is 11.7 Å². The molecular formula is C16H26N2. The van der Waals surface area contributed by atoms with Crippen LogP contribution in [0.5, 0.6) is 0 Å². The molecule has 2 N–H and O–H groups in total. The first-order valence-corrected chi connectivity index (χ1v) is 7.35. The van der Waals surface area contributed by atoms with Gasteiger partial charge in [-0.1, -0.05) is 43.2 Å². The first kappa shape index (κ1) is 13.6. The van der Waals surface area contributed by atoms with Gasteiger partial charge >= 0.3 is 0 Å². The molecule has 0 amide bonds. The summed E-state index contributed by atoms with van der Waals surface area (Å²) in [4.78, 5) is 2.60. The standard InChI is InChI=1S/C16H26N2/c17-11-6-12-18(14-16-9-4-5-10-16)13-15-7-2-1-3-8-15/h1-3,7-8,16H,4-6,9-14,17H2. The van der Waals surface area contributed by atoms with Crippen LogP contribution in [0.25, 0.3) is 0 Å². The molecule has 2 heteroatoms. The topological polar surface area (TPSA) is 29.3 Å². The van der Waals surface area contributed by atoms with Crippen molar-refractivity contribution < 1.29 is 0 Å². The van der Waals surface area contributed by atoms with Crippen molar-refractivity contribution in [1.82, 2.24) is 4.90 Å². The second kappa shape index (κ2) is 7.55. The third-order valence-electron chi connectivity index (χ3n) is 3.92. The molecular weight excluding hydrogens is 220 g/mol. The predicted octanol–water partition coefficient (Wildman–Crippen LogP) is 3.03. The summed E-state index contributed by atoms with van der Waals surface area (Å²) in [5.41, 5.74) is 7.08. The van der Waals surface area contributed by atoms with Crippen LogP contribution in [0.3, 0.4) is 0 Å². The van der Waals surface area contributed by atoms with E-state index >= 15 is 0 Å². The molecule has 0 aliphatic heterocycles. The molecule has 2 nitrogen and oxygen atoms in total. The summed E-state index contributed by atoms with van der Waals surface area (Å²) >= 11 is 0. The minimum Gasteiger partial charge on any atom is -0.330 e. The largest absolute Gasteiger partial charge is 0.330 e. The van der Waals surface area contributed by atoms with E-state index in [1.807, 2.05) is 0 Å². The van der Waals surface area contributed by atoms with Crippen molar-refractivity contribution in [1.29, 1.82) is 0 Å². The molecule has 1 fully saturated rings. The van der Waals surface area contributed by atoms with E-state index in [9.17, 15) is 0 Å². The Morgan fingerprint density at radius 1 is 1.11 bits per heavy atom. The van der Waals surface area contributed by atoms with Gasteiger partial charge in [0.25, 0.3) is 0 Å². The van der Waals surface area contributed by atoms with Gasteiger partial charge in [0.2, 0.25) is 0 Å². The van der Waals surface area contributed by atoms with E-state index in [4.69, 9.17) is 5.73 Å². The van der Waals surface area contributed by atoms with Gasteiger partial charge in [-0.05, 0) is 43.8 Å². The highest BCUT2D eigenvalue weighted by molar-refractivity contribution is 5.14. The molecule has 1 aliphatic rings. The monoisotopic (exact) mass is 246 g/mol. The molecule has 1 aliphatic carbocycles. The minimum atomic E-state index is 0.802. The van der Waals surface area contributed by atoms with Gasteiger partial charge < -0.3 is 5.73 Å². The fourth-order valence-corrected chi connectivity index (χ4v) is 2.95. The predicted molar refractivity (Wildman–Crippen MR) is 77.3 cm³/mol. The van der Waals surface area contributed by atoms with E-state index in [0.29, 0.717) is 0 Å². The SMILES string of the molecule is NCCCN(Cc1ccccc1)CC1CCCC1. The smallest absolute Gasteiger partial charge is 0.0233 e. The van der Waals surface area contributed by atoms with Gasteiger partial charge in [0.05, 0.1) is 0 Å². The maximum atomic E-state index is 5.65. The number of hydrogen-bond donors (Lipinski definition) is 1. The number of rotatable bonds is 7. The molecule has 2 rings (SSSR count). The van der Waals surface area contributed by atoms with Crippen molar-refractivity contribution >= 4 is 0 Å². The Hall–Kier alpha value is -0.860. The fraction of sp³-hybridized carbons (Fsp3) is 0.625. The Morgan fingerprint density at radius 3 is 2.50 bits per heavy atom. The Bertz CT molecular complexity index is 317. The second-order valence-corrected chi connectivity index (χ2v) is 5.51. The third kappa shape index (κ3) is 4.43. The van der Waals surface area contributed by atoms with E-state index < -0.39 is 0 Å². The molecule has 1 saturated carbocycles. The lowest BCUT2D eigenvalue weighted by atomic mass is 10.1.